The average Bonchev–Trinajstić information content (AvgIpc) is 2.62. The van der Waals surface area contributed by atoms with Gasteiger partial charge < -0.3 is 5.73 Å². The second-order valence-electron chi connectivity index (χ2n) is 6.12. The number of hydrogen-bond donors (Lipinski definition) is 1. The number of rotatable bonds is 4. The molecule has 2 heteroatoms. The summed E-state index contributed by atoms with van der Waals surface area (Å²) < 4.78 is 0. The average molecular weight is 353 g/mol. The molecule has 0 radical (unpaired) electrons. The molecule has 2 nitrogen and oxygen atoms in total. The Morgan fingerprint density at radius 3 is 2.00 bits per heavy atom. The molecule has 1 heterocycles. The van der Waals surface area contributed by atoms with Crippen molar-refractivity contribution in [2.24, 2.45) is 5.73 Å². The fourth-order valence-corrected chi connectivity index (χ4v) is 2.39. The van der Waals surface area contributed by atoms with E-state index in [1.807, 2.05) is 18.2 Å². The van der Waals surface area contributed by atoms with Crippen LogP contribution in [0.3, 0.4) is 0 Å². The Balaban J connectivity index is 0. The summed E-state index contributed by atoms with van der Waals surface area (Å²) in [4.78, 5) is 4.08. The lowest BCUT2D eigenvalue weighted by Gasteiger charge is -2.10. The minimum atomic E-state index is 0. The van der Waals surface area contributed by atoms with Gasteiger partial charge in [-0.3, -0.25) is 4.98 Å². The van der Waals surface area contributed by atoms with Crippen molar-refractivity contribution in [1.82, 2.24) is 4.98 Å². The van der Waals surface area contributed by atoms with Crippen LogP contribution in [0.2, 0.25) is 0 Å². The van der Waals surface area contributed by atoms with Crippen LogP contribution >= 0.6 is 0 Å². The fraction of sp³-hybridized carbons (Fsp3) is 0.292. The summed E-state index contributed by atoms with van der Waals surface area (Å²) in [7, 11) is 0. The molecular formula is C24H36N2. The number of aromatic nitrogens is 1. The van der Waals surface area contributed by atoms with E-state index in [0.717, 1.165) is 23.3 Å². The highest BCUT2D eigenvalue weighted by Crippen LogP contribution is 2.19. The highest BCUT2D eigenvalue weighted by atomic mass is 14.7. The van der Waals surface area contributed by atoms with Crippen molar-refractivity contribution in [2.45, 2.75) is 47.5 Å². The zero-order valence-corrected chi connectivity index (χ0v) is 17.1. The van der Waals surface area contributed by atoms with Gasteiger partial charge in [-0.1, -0.05) is 59.1 Å². The smallest absolute Gasteiger partial charge is 0.0695 e. The number of aryl methyl sites for hydroxylation is 2. The van der Waals surface area contributed by atoms with Gasteiger partial charge in [-0.25, -0.2) is 0 Å². The highest BCUT2D eigenvalue weighted by Gasteiger charge is 2.03. The number of nitrogens with two attached hydrogens (primary N) is 1. The number of pyridine rings is 1. The van der Waals surface area contributed by atoms with Crippen LogP contribution in [0.25, 0.3) is 11.3 Å². The molecule has 0 unspecified atom stereocenters. The van der Waals surface area contributed by atoms with Crippen LogP contribution in [-0.4, -0.2) is 4.98 Å². The summed E-state index contributed by atoms with van der Waals surface area (Å²) in [6, 6.07) is 9.92. The molecule has 0 saturated carbocycles. The predicted octanol–water partition coefficient (Wildman–Crippen LogP) is 6.74. The van der Waals surface area contributed by atoms with Gasteiger partial charge in [0.15, 0.2) is 0 Å². The Labute approximate surface area is 161 Å². The first-order valence-electron chi connectivity index (χ1n) is 9.09. The zero-order chi connectivity index (χ0) is 20.1. The molecule has 1 aromatic carbocycles. The summed E-state index contributed by atoms with van der Waals surface area (Å²) in [5, 5.41) is 0. The normalized spacial score (nSPS) is 9.12. The molecule has 0 bridgehead atoms. The molecule has 1 aromatic heterocycles. The first-order valence-corrected chi connectivity index (χ1v) is 9.09. The third-order valence-corrected chi connectivity index (χ3v) is 3.66. The van der Waals surface area contributed by atoms with Crippen LogP contribution in [-0.2, 0) is 6.42 Å². The molecule has 0 amide bonds. The quantitative estimate of drug-likeness (QED) is 0.619. The van der Waals surface area contributed by atoms with E-state index in [-0.39, 0.29) is 1.43 Å². The Bertz CT molecular complexity index is 695. The summed E-state index contributed by atoms with van der Waals surface area (Å²) in [5.41, 5.74) is 13.1. The van der Waals surface area contributed by atoms with E-state index in [4.69, 9.17) is 5.73 Å². The Kier molecular flexibility index (Phi) is 11.4. The molecule has 2 aromatic rings. The lowest BCUT2D eigenvalue weighted by Crippen LogP contribution is -1.98. The third-order valence-electron chi connectivity index (χ3n) is 3.66. The van der Waals surface area contributed by atoms with Gasteiger partial charge in [-0.15, -0.1) is 0 Å². The maximum atomic E-state index is 5.65. The van der Waals surface area contributed by atoms with Gasteiger partial charge in [-0.2, -0.15) is 0 Å². The maximum Gasteiger partial charge on any atom is 0.0695 e. The Morgan fingerprint density at radius 1 is 1.12 bits per heavy atom. The molecule has 2 rings (SSSR count). The number of nitrogens with zero attached hydrogens (tertiary/aromatic N) is 1. The van der Waals surface area contributed by atoms with Crippen molar-refractivity contribution in [1.29, 1.82) is 0 Å². The van der Waals surface area contributed by atoms with Gasteiger partial charge in [0.1, 0.15) is 0 Å². The van der Waals surface area contributed by atoms with Crippen LogP contribution in [0.1, 0.15) is 56.6 Å². The summed E-state index contributed by atoms with van der Waals surface area (Å²) in [6.45, 7) is 21.8. The van der Waals surface area contributed by atoms with E-state index < -0.39 is 0 Å². The van der Waals surface area contributed by atoms with E-state index in [1.54, 1.807) is 12.3 Å². The number of hydrogen-bond acceptors (Lipinski definition) is 2. The van der Waals surface area contributed by atoms with Gasteiger partial charge in [0.25, 0.3) is 0 Å². The molecule has 0 fully saturated rings. The monoisotopic (exact) mass is 352 g/mol. The molecule has 0 spiro atoms. The molecule has 0 aliphatic carbocycles. The largest absolute Gasteiger partial charge is 0.399 e. The molecule has 142 valence electrons. The number of benzene rings is 1. The van der Waals surface area contributed by atoms with Crippen LogP contribution < -0.4 is 5.73 Å². The van der Waals surface area contributed by atoms with Crippen LogP contribution in [0.4, 0.5) is 0 Å². The van der Waals surface area contributed by atoms with E-state index in [2.05, 4.69) is 71.5 Å². The molecule has 26 heavy (non-hydrogen) atoms. The van der Waals surface area contributed by atoms with Crippen LogP contribution in [0.15, 0.2) is 62.3 Å². The summed E-state index contributed by atoms with van der Waals surface area (Å²) in [6.07, 6.45) is 5.77. The molecule has 2 N–H and O–H groups in total. The number of allylic oxidation sites excluding steroid dienone is 2. The SMILES string of the molecule is C=C(N)c1cc(C)c(CC)c(C)c1.C=CC(=C)c1ccccn1.CCC.[HH]. The second kappa shape index (κ2) is 12.7. The zero-order valence-electron chi connectivity index (χ0n) is 17.1. The lowest BCUT2D eigenvalue weighted by molar-refractivity contribution is 1.08. The maximum absolute atomic E-state index is 5.65. The van der Waals surface area contributed by atoms with Crippen molar-refractivity contribution in [3.63, 3.8) is 0 Å². The van der Waals surface area contributed by atoms with E-state index >= 15 is 0 Å². The van der Waals surface area contributed by atoms with Gasteiger partial charge in [0.05, 0.1) is 5.69 Å². The van der Waals surface area contributed by atoms with Crippen molar-refractivity contribution >= 4 is 11.3 Å². The Hall–Kier alpha value is -2.61. The second-order valence-corrected chi connectivity index (χ2v) is 6.12. The minimum Gasteiger partial charge on any atom is -0.399 e. The molecule has 0 aliphatic heterocycles. The minimum absolute atomic E-state index is 0. The van der Waals surface area contributed by atoms with Crippen LogP contribution in [0, 0.1) is 13.8 Å². The molecular weight excluding hydrogens is 316 g/mol. The van der Waals surface area contributed by atoms with Crippen LogP contribution in [0.5, 0.6) is 0 Å². The Morgan fingerprint density at radius 2 is 1.65 bits per heavy atom. The van der Waals surface area contributed by atoms with Gasteiger partial charge in [0, 0.05) is 13.3 Å². The van der Waals surface area contributed by atoms with E-state index in [1.165, 1.54) is 23.1 Å². The molecule has 0 aliphatic rings. The van der Waals surface area contributed by atoms with Crippen molar-refractivity contribution in [3.8, 4) is 0 Å². The fourth-order valence-electron chi connectivity index (χ4n) is 2.39. The van der Waals surface area contributed by atoms with E-state index in [9.17, 15) is 0 Å². The van der Waals surface area contributed by atoms with Crippen molar-refractivity contribution in [2.75, 3.05) is 0 Å². The predicted molar refractivity (Wildman–Crippen MR) is 120 cm³/mol. The third kappa shape index (κ3) is 7.98. The van der Waals surface area contributed by atoms with Crippen molar-refractivity contribution < 1.29 is 1.43 Å². The standard InChI is InChI=1S/C12H17N.C9H9N.C3H8.H2/c1-5-12-8(2)6-11(10(4)13)7-9(12)3;1-3-8(2)9-6-4-5-7-10-9;1-3-2;/h6-7H,4-5,13H2,1-3H3;3-7H,1-2H2;3H2,1-2H3;1H. The topological polar surface area (TPSA) is 38.9 Å². The van der Waals surface area contributed by atoms with Gasteiger partial charge >= 0.3 is 0 Å². The highest BCUT2D eigenvalue weighted by molar-refractivity contribution is 5.68. The van der Waals surface area contributed by atoms with Gasteiger partial charge in [0.2, 0.25) is 0 Å². The lowest BCUT2D eigenvalue weighted by atomic mass is 9.97. The molecule has 0 saturated heterocycles. The summed E-state index contributed by atoms with van der Waals surface area (Å²) >= 11 is 0. The van der Waals surface area contributed by atoms with Gasteiger partial charge in [-0.05, 0) is 72.4 Å². The first-order chi connectivity index (χ1) is 12.3. The first kappa shape index (κ1) is 23.4. The van der Waals surface area contributed by atoms with Crippen molar-refractivity contribution in [3.05, 3.63) is 90.3 Å². The summed E-state index contributed by atoms with van der Waals surface area (Å²) in [5.74, 6) is 0. The molecule has 0 atom stereocenters. The van der Waals surface area contributed by atoms with E-state index in [0.29, 0.717) is 5.70 Å².